The molecule has 1 fully saturated rings. The van der Waals surface area contributed by atoms with Crippen molar-refractivity contribution in [3.63, 3.8) is 0 Å². The molecule has 3 unspecified atom stereocenters. The highest BCUT2D eigenvalue weighted by Gasteiger charge is 2.29. The van der Waals surface area contributed by atoms with Crippen molar-refractivity contribution < 1.29 is 9.13 Å². The molecule has 0 spiro atoms. The second kappa shape index (κ2) is 6.55. The predicted molar refractivity (Wildman–Crippen MR) is 79.3 cm³/mol. The number of benzene rings is 1. The third kappa shape index (κ3) is 3.13. The lowest BCUT2D eigenvalue weighted by Gasteiger charge is -2.38. The Balaban J connectivity index is 2.20. The molecular weight excluding hydrogens is 255 g/mol. The van der Waals surface area contributed by atoms with Crippen LogP contribution < -0.4 is 10.5 Å². The van der Waals surface area contributed by atoms with Gasteiger partial charge >= 0.3 is 0 Å². The summed E-state index contributed by atoms with van der Waals surface area (Å²) in [5.74, 6) is 0.921. The minimum atomic E-state index is -0.195. The number of likely N-dealkylation sites (tertiary alicyclic amines) is 1. The second-order valence-electron chi connectivity index (χ2n) is 5.79. The Hall–Kier alpha value is -1.13. The Morgan fingerprint density at radius 3 is 2.80 bits per heavy atom. The largest absolute Gasteiger partial charge is 0.496 e. The number of methoxy groups -OCH3 is 1. The minimum absolute atomic E-state index is 0.00713. The maximum absolute atomic E-state index is 14.2. The van der Waals surface area contributed by atoms with Crippen molar-refractivity contribution in [2.75, 3.05) is 20.2 Å². The van der Waals surface area contributed by atoms with Gasteiger partial charge < -0.3 is 10.5 Å². The van der Waals surface area contributed by atoms with Gasteiger partial charge in [-0.15, -0.1) is 0 Å². The zero-order valence-corrected chi connectivity index (χ0v) is 12.6. The molecule has 0 amide bonds. The zero-order chi connectivity index (χ0) is 14.7. The van der Waals surface area contributed by atoms with E-state index in [1.54, 1.807) is 13.2 Å². The molecule has 1 saturated heterocycles. The van der Waals surface area contributed by atoms with Crippen LogP contribution in [0.15, 0.2) is 18.2 Å². The topological polar surface area (TPSA) is 38.5 Å². The quantitative estimate of drug-likeness (QED) is 0.921. The van der Waals surface area contributed by atoms with Crippen LogP contribution in [0.25, 0.3) is 0 Å². The van der Waals surface area contributed by atoms with Gasteiger partial charge in [-0.25, -0.2) is 4.39 Å². The molecule has 0 aliphatic carbocycles. The van der Waals surface area contributed by atoms with Crippen LogP contribution in [0.4, 0.5) is 4.39 Å². The van der Waals surface area contributed by atoms with Crippen LogP contribution in [0.1, 0.15) is 38.3 Å². The lowest BCUT2D eigenvalue weighted by molar-refractivity contribution is 0.118. The summed E-state index contributed by atoms with van der Waals surface area (Å²) in [6.45, 7) is 6.02. The van der Waals surface area contributed by atoms with Gasteiger partial charge in [-0.3, -0.25) is 4.90 Å². The van der Waals surface area contributed by atoms with Crippen molar-refractivity contribution in [1.29, 1.82) is 0 Å². The SMILES string of the molecule is COc1cccc(F)c1C(C)N1CCCC(C(C)N)C1. The summed E-state index contributed by atoms with van der Waals surface area (Å²) < 4.78 is 19.5. The van der Waals surface area contributed by atoms with E-state index in [0.717, 1.165) is 25.9 Å². The summed E-state index contributed by atoms with van der Waals surface area (Å²) in [5, 5.41) is 0. The lowest BCUT2D eigenvalue weighted by atomic mass is 9.90. The minimum Gasteiger partial charge on any atom is -0.496 e. The molecule has 20 heavy (non-hydrogen) atoms. The maximum atomic E-state index is 14.2. The van der Waals surface area contributed by atoms with Crippen molar-refractivity contribution >= 4 is 0 Å². The Labute approximate surface area is 120 Å². The van der Waals surface area contributed by atoms with E-state index in [4.69, 9.17) is 10.5 Å². The van der Waals surface area contributed by atoms with Crippen LogP contribution in [0.2, 0.25) is 0 Å². The third-order valence-corrected chi connectivity index (χ3v) is 4.43. The highest BCUT2D eigenvalue weighted by molar-refractivity contribution is 5.37. The summed E-state index contributed by atoms with van der Waals surface area (Å²) in [4.78, 5) is 2.32. The molecule has 3 atom stereocenters. The number of hydrogen-bond acceptors (Lipinski definition) is 3. The van der Waals surface area contributed by atoms with Crippen molar-refractivity contribution in [2.45, 2.75) is 38.8 Å². The Bertz CT molecular complexity index is 450. The van der Waals surface area contributed by atoms with Crippen molar-refractivity contribution in [1.82, 2.24) is 4.90 Å². The van der Waals surface area contributed by atoms with Gasteiger partial charge in [0.15, 0.2) is 0 Å². The first-order valence-corrected chi connectivity index (χ1v) is 7.36. The molecule has 1 heterocycles. The van der Waals surface area contributed by atoms with Gasteiger partial charge in [-0.2, -0.15) is 0 Å². The monoisotopic (exact) mass is 280 g/mol. The number of halogens is 1. The molecule has 0 bridgehead atoms. The molecule has 0 saturated carbocycles. The first-order valence-electron chi connectivity index (χ1n) is 7.36. The number of hydrogen-bond donors (Lipinski definition) is 1. The first-order chi connectivity index (χ1) is 9.54. The van der Waals surface area contributed by atoms with Gasteiger partial charge in [-0.05, 0) is 51.3 Å². The van der Waals surface area contributed by atoms with E-state index in [1.165, 1.54) is 6.07 Å². The van der Waals surface area contributed by atoms with Gasteiger partial charge in [0.2, 0.25) is 0 Å². The summed E-state index contributed by atoms with van der Waals surface area (Å²) in [6, 6.07) is 5.20. The number of rotatable bonds is 4. The van der Waals surface area contributed by atoms with Crippen LogP contribution >= 0.6 is 0 Å². The van der Waals surface area contributed by atoms with Crippen molar-refractivity contribution in [3.05, 3.63) is 29.6 Å². The fourth-order valence-electron chi connectivity index (χ4n) is 3.10. The fraction of sp³-hybridized carbons (Fsp3) is 0.625. The smallest absolute Gasteiger partial charge is 0.131 e. The highest BCUT2D eigenvalue weighted by atomic mass is 19.1. The highest BCUT2D eigenvalue weighted by Crippen LogP contribution is 2.34. The van der Waals surface area contributed by atoms with Gasteiger partial charge in [0.1, 0.15) is 11.6 Å². The van der Waals surface area contributed by atoms with E-state index in [9.17, 15) is 4.39 Å². The van der Waals surface area contributed by atoms with Gasteiger partial charge in [0.25, 0.3) is 0 Å². The van der Waals surface area contributed by atoms with Crippen LogP contribution in [-0.2, 0) is 0 Å². The first kappa shape index (κ1) is 15.3. The predicted octanol–water partition coefficient (Wildman–Crippen LogP) is 2.95. The van der Waals surface area contributed by atoms with Gasteiger partial charge in [0, 0.05) is 24.2 Å². The van der Waals surface area contributed by atoms with Crippen LogP contribution in [0.5, 0.6) is 5.75 Å². The van der Waals surface area contributed by atoms with Crippen LogP contribution in [0, 0.1) is 11.7 Å². The summed E-state index contributed by atoms with van der Waals surface area (Å²) in [7, 11) is 1.59. The van der Waals surface area contributed by atoms with Crippen LogP contribution in [0.3, 0.4) is 0 Å². The zero-order valence-electron chi connectivity index (χ0n) is 12.6. The molecular formula is C16H25FN2O. The molecule has 112 valence electrons. The molecule has 2 N–H and O–H groups in total. The normalized spacial score (nSPS) is 23.4. The molecule has 3 nitrogen and oxygen atoms in total. The third-order valence-electron chi connectivity index (χ3n) is 4.43. The summed E-state index contributed by atoms with van der Waals surface area (Å²) >= 11 is 0. The molecule has 1 aliphatic rings. The van der Waals surface area contributed by atoms with Crippen molar-refractivity contribution in [3.8, 4) is 5.75 Å². The summed E-state index contributed by atoms with van der Waals surface area (Å²) in [6.07, 6.45) is 2.28. The molecule has 1 aromatic rings. The van der Waals surface area contributed by atoms with E-state index < -0.39 is 0 Å². The van der Waals surface area contributed by atoms with E-state index in [1.807, 2.05) is 13.0 Å². The fourth-order valence-corrected chi connectivity index (χ4v) is 3.10. The Morgan fingerprint density at radius 1 is 1.40 bits per heavy atom. The molecule has 0 aromatic heterocycles. The number of nitrogens with two attached hydrogens (primary N) is 1. The maximum Gasteiger partial charge on any atom is 0.131 e. The van der Waals surface area contributed by atoms with E-state index in [0.29, 0.717) is 17.2 Å². The lowest BCUT2D eigenvalue weighted by Crippen LogP contribution is -2.43. The van der Waals surface area contributed by atoms with Crippen molar-refractivity contribution in [2.24, 2.45) is 11.7 Å². The molecule has 1 aliphatic heterocycles. The van der Waals surface area contributed by atoms with E-state index in [-0.39, 0.29) is 17.9 Å². The molecule has 0 radical (unpaired) electrons. The summed E-state index contributed by atoms with van der Waals surface area (Å²) in [5.41, 5.74) is 6.68. The van der Waals surface area contributed by atoms with Gasteiger partial charge in [0.05, 0.1) is 7.11 Å². The average Bonchev–Trinajstić information content (AvgIpc) is 2.46. The number of ether oxygens (including phenoxy) is 1. The Kier molecular flexibility index (Phi) is 5.00. The molecule has 1 aromatic carbocycles. The molecule has 2 rings (SSSR count). The van der Waals surface area contributed by atoms with E-state index in [2.05, 4.69) is 11.8 Å². The number of piperidine rings is 1. The average molecular weight is 280 g/mol. The number of nitrogens with zero attached hydrogens (tertiary/aromatic N) is 1. The Morgan fingerprint density at radius 2 is 2.15 bits per heavy atom. The standard InChI is InChI=1S/C16H25FN2O/c1-11(18)13-6-5-9-19(10-13)12(2)16-14(17)7-4-8-15(16)20-3/h4,7-8,11-13H,5-6,9-10,18H2,1-3H3. The van der Waals surface area contributed by atoms with Crippen LogP contribution in [-0.4, -0.2) is 31.1 Å². The molecule has 4 heteroatoms. The van der Waals surface area contributed by atoms with E-state index >= 15 is 0 Å². The van der Waals surface area contributed by atoms with Gasteiger partial charge in [-0.1, -0.05) is 6.07 Å². The second-order valence-corrected chi connectivity index (χ2v) is 5.79.